The van der Waals surface area contributed by atoms with Gasteiger partial charge in [0.1, 0.15) is 6.04 Å². The summed E-state index contributed by atoms with van der Waals surface area (Å²) in [4.78, 5) is 17.6. The molecule has 0 aromatic carbocycles. The zero-order valence-electron chi connectivity index (χ0n) is 12.1. The Morgan fingerprint density at radius 2 is 1.95 bits per heavy atom. The molecule has 0 radical (unpaired) electrons. The normalized spacial score (nSPS) is 18.2. The molecule has 1 unspecified atom stereocenters. The molecule has 2 rings (SSSR count). The van der Waals surface area contributed by atoms with Crippen LogP contribution in [0.25, 0.3) is 0 Å². The summed E-state index contributed by atoms with van der Waals surface area (Å²) in [6.07, 6.45) is 5.55. The van der Waals surface area contributed by atoms with Gasteiger partial charge >= 0.3 is 5.97 Å². The Bertz CT molecular complexity index is 428. The van der Waals surface area contributed by atoms with E-state index in [1.54, 1.807) is 12.4 Å². The molecule has 0 amide bonds. The van der Waals surface area contributed by atoms with Crippen molar-refractivity contribution < 1.29 is 9.90 Å². The fourth-order valence-corrected chi connectivity index (χ4v) is 2.66. The van der Waals surface area contributed by atoms with Gasteiger partial charge in [-0.1, -0.05) is 13.8 Å². The highest BCUT2D eigenvalue weighted by molar-refractivity contribution is 5.73. The first kappa shape index (κ1) is 14.8. The van der Waals surface area contributed by atoms with Gasteiger partial charge in [-0.05, 0) is 30.9 Å². The highest BCUT2D eigenvalue weighted by Gasteiger charge is 2.27. The minimum absolute atomic E-state index is 0.103. The van der Waals surface area contributed by atoms with E-state index in [0.29, 0.717) is 0 Å². The smallest absolute Gasteiger partial charge is 0.320 e. The highest BCUT2D eigenvalue weighted by Crippen LogP contribution is 2.19. The number of aliphatic carboxylic acids is 1. The van der Waals surface area contributed by atoms with Gasteiger partial charge in [0, 0.05) is 37.2 Å². The van der Waals surface area contributed by atoms with E-state index in [-0.39, 0.29) is 12.0 Å². The number of carbonyl (C=O) groups is 1. The number of anilines is 1. The van der Waals surface area contributed by atoms with Crippen LogP contribution in [0.3, 0.4) is 0 Å². The fourth-order valence-electron chi connectivity index (χ4n) is 2.66. The van der Waals surface area contributed by atoms with E-state index < -0.39 is 12.0 Å². The van der Waals surface area contributed by atoms with Crippen molar-refractivity contribution in [2.24, 2.45) is 5.92 Å². The maximum atomic E-state index is 11.2. The predicted octanol–water partition coefficient (Wildman–Crippen LogP) is 1.75. The number of carboxylic acids is 1. The number of carboxylic acid groups (broad SMARTS) is 1. The van der Waals surface area contributed by atoms with Crippen LogP contribution in [0.4, 0.5) is 5.69 Å². The molecule has 2 N–H and O–H groups in total. The maximum absolute atomic E-state index is 11.2. The van der Waals surface area contributed by atoms with Gasteiger partial charge < -0.3 is 15.3 Å². The van der Waals surface area contributed by atoms with Crippen molar-refractivity contribution in [3.05, 3.63) is 24.5 Å². The van der Waals surface area contributed by atoms with Crippen LogP contribution in [0.15, 0.2) is 24.5 Å². The molecule has 1 aliphatic heterocycles. The molecule has 1 aromatic heterocycles. The van der Waals surface area contributed by atoms with Crippen LogP contribution in [-0.2, 0) is 4.79 Å². The van der Waals surface area contributed by atoms with Gasteiger partial charge in [0.05, 0.1) is 0 Å². The molecule has 0 saturated carbocycles. The zero-order chi connectivity index (χ0) is 14.5. The van der Waals surface area contributed by atoms with E-state index in [0.717, 1.165) is 25.9 Å². The lowest BCUT2D eigenvalue weighted by molar-refractivity contribution is -0.141. The molecule has 1 saturated heterocycles. The third-order valence-electron chi connectivity index (χ3n) is 3.87. The number of aromatic nitrogens is 1. The average Bonchev–Trinajstić information content (AvgIpc) is 2.45. The second-order valence-electron chi connectivity index (χ2n) is 5.69. The Hall–Kier alpha value is -1.62. The Balaban J connectivity index is 1.87. The molecule has 1 fully saturated rings. The summed E-state index contributed by atoms with van der Waals surface area (Å²) in [5, 5.41) is 12.5. The second-order valence-corrected chi connectivity index (χ2v) is 5.69. The fraction of sp³-hybridized carbons (Fsp3) is 0.600. The Kier molecular flexibility index (Phi) is 4.95. The van der Waals surface area contributed by atoms with E-state index in [9.17, 15) is 9.90 Å². The van der Waals surface area contributed by atoms with E-state index in [4.69, 9.17) is 0 Å². The third kappa shape index (κ3) is 3.70. The largest absolute Gasteiger partial charge is 0.480 e. The number of hydrogen-bond donors (Lipinski definition) is 2. The Morgan fingerprint density at radius 3 is 2.45 bits per heavy atom. The summed E-state index contributed by atoms with van der Waals surface area (Å²) in [5.74, 6) is -0.651. The lowest BCUT2D eigenvalue weighted by atomic mass is 9.99. The average molecular weight is 277 g/mol. The zero-order valence-corrected chi connectivity index (χ0v) is 12.1. The topological polar surface area (TPSA) is 65.5 Å². The minimum Gasteiger partial charge on any atom is -0.480 e. The van der Waals surface area contributed by atoms with Gasteiger partial charge in [0.15, 0.2) is 0 Å². The molecule has 5 heteroatoms. The number of pyridine rings is 1. The molecule has 2 heterocycles. The monoisotopic (exact) mass is 277 g/mol. The molecule has 5 nitrogen and oxygen atoms in total. The molecule has 20 heavy (non-hydrogen) atoms. The van der Waals surface area contributed by atoms with Crippen LogP contribution in [0.2, 0.25) is 0 Å². The molecule has 0 bridgehead atoms. The number of hydrogen-bond acceptors (Lipinski definition) is 4. The van der Waals surface area contributed by atoms with Crippen molar-refractivity contribution in [1.82, 2.24) is 10.3 Å². The van der Waals surface area contributed by atoms with Crippen molar-refractivity contribution in [3.8, 4) is 0 Å². The number of rotatable bonds is 5. The Morgan fingerprint density at radius 1 is 1.35 bits per heavy atom. The second kappa shape index (κ2) is 6.70. The van der Waals surface area contributed by atoms with Gasteiger partial charge in [-0.15, -0.1) is 0 Å². The van der Waals surface area contributed by atoms with Gasteiger partial charge in [-0.3, -0.25) is 9.78 Å². The summed E-state index contributed by atoms with van der Waals surface area (Å²) >= 11 is 0. The molecule has 1 atom stereocenters. The molecule has 1 aliphatic rings. The van der Waals surface area contributed by atoms with Crippen LogP contribution >= 0.6 is 0 Å². The molecule has 1 aromatic rings. The quantitative estimate of drug-likeness (QED) is 0.858. The first-order valence-electron chi connectivity index (χ1n) is 7.21. The lowest BCUT2D eigenvalue weighted by Crippen LogP contribution is -2.50. The maximum Gasteiger partial charge on any atom is 0.320 e. The highest BCUT2D eigenvalue weighted by atomic mass is 16.4. The van der Waals surface area contributed by atoms with E-state index in [1.165, 1.54) is 5.69 Å². The van der Waals surface area contributed by atoms with E-state index in [2.05, 4.69) is 15.2 Å². The van der Waals surface area contributed by atoms with Crippen LogP contribution in [0.1, 0.15) is 26.7 Å². The van der Waals surface area contributed by atoms with Gasteiger partial charge in [0.25, 0.3) is 0 Å². The summed E-state index contributed by atoms with van der Waals surface area (Å²) in [7, 11) is 0. The first-order valence-corrected chi connectivity index (χ1v) is 7.21. The van der Waals surface area contributed by atoms with Crippen molar-refractivity contribution in [1.29, 1.82) is 0 Å². The number of piperidine rings is 1. The van der Waals surface area contributed by atoms with Crippen LogP contribution < -0.4 is 10.2 Å². The standard InChI is InChI=1S/C15H23N3O2/c1-11(2)14(15(19)20)17-12-5-9-18(10-6-12)13-3-7-16-8-4-13/h3-4,7-8,11-12,14,17H,5-6,9-10H2,1-2H3,(H,19,20). The Labute approximate surface area is 120 Å². The summed E-state index contributed by atoms with van der Waals surface area (Å²) in [6, 6.07) is 3.87. The first-order chi connectivity index (χ1) is 9.58. The van der Waals surface area contributed by atoms with Crippen LogP contribution in [-0.4, -0.2) is 41.2 Å². The van der Waals surface area contributed by atoms with Gasteiger partial charge in [0.2, 0.25) is 0 Å². The summed E-state index contributed by atoms with van der Waals surface area (Å²) < 4.78 is 0. The van der Waals surface area contributed by atoms with Crippen molar-refractivity contribution in [2.45, 2.75) is 38.8 Å². The third-order valence-corrected chi connectivity index (χ3v) is 3.87. The van der Waals surface area contributed by atoms with Crippen molar-refractivity contribution in [3.63, 3.8) is 0 Å². The SMILES string of the molecule is CC(C)C(NC1CCN(c2ccncc2)CC1)C(=O)O. The summed E-state index contributed by atoms with van der Waals surface area (Å²) in [5.41, 5.74) is 1.19. The van der Waals surface area contributed by atoms with Crippen molar-refractivity contribution in [2.75, 3.05) is 18.0 Å². The molecular formula is C15H23N3O2. The number of nitrogens with one attached hydrogen (secondary N) is 1. The molecular weight excluding hydrogens is 254 g/mol. The van der Waals surface area contributed by atoms with E-state index in [1.807, 2.05) is 26.0 Å². The summed E-state index contributed by atoms with van der Waals surface area (Å²) in [6.45, 7) is 5.79. The van der Waals surface area contributed by atoms with Crippen molar-refractivity contribution >= 4 is 11.7 Å². The van der Waals surface area contributed by atoms with Gasteiger partial charge in [-0.25, -0.2) is 0 Å². The predicted molar refractivity (Wildman–Crippen MR) is 78.9 cm³/mol. The van der Waals surface area contributed by atoms with Crippen LogP contribution in [0, 0.1) is 5.92 Å². The molecule has 0 aliphatic carbocycles. The van der Waals surface area contributed by atoms with Crippen LogP contribution in [0.5, 0.6) is 0 Å². The number of nitrogens with zero attached hydrogens (tertiary/aromatic N) is 2. The molecule has 0 spiro atoms. The molecule has 110 valence electrons. The minimum atomic E-state index is -0.753. The lowest BCUT2D eigenvalue weighted by Gasteiger charge is -2.35. The van der Waals surface area contributed by atoms with Gasteiger partial charge in [-0.2, -0.15) is 0 Å². The van der Waals surface area contributed by atoms with E-state index >= 15 is 0 Å².